The van der Waals surface area contributed by atoms with Crippen LogP contribution in [0.1, 0.15) is 296 Å². The van der Waals surface area contributed by atoms with E-state index < -0.39 is 24.3 Å². The maximum absolute atomic E-state index is 13.0. The van der Waals surface area contributed by atoms with Gasteiger partial charge in [0.25, 0.3) is 0 Å². The van der Waals surface area contributed by atoms with Crippen molar-refractivity contribution in [1.82, 2.24) is 0 Å². The summed E-state index contributed by atoms with van der Waals surface area (Å²) in [5.74, 6) is -2.29. The molecule has 2 unspecified atom stereocenters. The van der Waals surface area contributed by atoms with Crippen LogP contribution in [0.15, 0.2) is 158 Å². The van der Waals surface area contributed by atoms with Crippen molar-refractivity contribution in [3.05, 3.63) is 158 Å². The number of nitrogens with zero attached hydrogens (tertiary/aromatic N) is 1. The number of esters is 2. The number of ether oxygens (including phenoxy) is 4. The first-order chi connectivity index (χ1) is 45.6. The molecule has 0 aromatic heterocycles. The Labute approximate surface area is 572 Å². The Morgan fingerprint density at radius 1 is 0.323 bits per heavy atom. The number of aliphatic carboxylic acids is 1. The summed E-state index contributed by atoms with van der Waals surface area (Å²) in [6.07, 6.45) is 105. The summed E-state index contributed by atoms with van der Waals surface area (Å²) in [6, 6.07) is 0. The smallest absolute Gasteiger partial charge is 0.306 e. The van der Waals surface area contributed by atoms with Gasteiger partial charge in [-0.3, -0.25) is 9.59 Å². The number of hydrogen-bond donors (Lipinski definition) is 0. The number of allylic oxidation sites excluding steroid dienone is 26. The first kappa shape index (κ1) is 87.9. The predicted octanol–water partition coefficient (Wildman–Crippen LogP) is 22.7. The monoisotopic (exact) mass is 1290 g/mol. The van der Waals surface area contributed by atoms with E-state index in [1.807, 2.05) is 21.1 Å². The van der Waals surface area contributed by atoms with Gasteiger partial charge in [-0.15, -0.1) is 0 Å². The molecule has 0 saturated heterocycles. The van der Waals surface area contributed by atoms with Crippen LogP contribution >= 0.6 is 0 Å². The summed E-state index contributed by atoms with van der Waals surface area (Å²) < 4.78 is 22.8. The van der Waals surface area contributed by atoms with E-state index in [2.05, 4.69) is 172 Å². The van der Waals surface area contributed by atoms with Gasteiger partial charge in [0.1, 0.15) is 13.2 Å². The number of rotatable bonds is 68. The summed E-state index contributed by atoms with van der Waals surface area (Å²) >= 11 is 0. The molecular weight excluding hydrogens is 1150 g/mol. The molecule has 0 aliphatic heterocycles. The SMILES string of the molecule is CC/C=C\C/C=C\C/C=C\C/C=C\C/C=C\C/C=C\C/C=C\C/C=C\C/C=C\CCCCCCCCCCCCCCCC(=O)OC(COC(=O)CCCCCCCCCCCCCCCC/C=C\C/C=C\C/C=C\C/C=C\CC)COC(OCC[N+](C)(C)C)C(=O)[O-]. The molecule has 0 heterocycles. The quantitative estimate of drug-likeness (QED) is 0.0195. The number of carbonyl (C=O) groups excluding carboxylic acids is 3. The molecule has 0 saturated carbocycles. The van der Waals surface area contributed by atoms with Gasteiger partial charge in [0.05, 0.1) is 40.3 Å². The van der Waals surface area contributed by atoms with Crippen molar-refractivity contribution in [2.24, 2.45) is 0 Å². The van der Waals surface area contributed by atoms with E-state index in [9.17, 15) is 19.5 Å². The maximum Gasteiger partial charge on any atom is 0.306 e. The topological polar surface area (TPSA) is 111 Å². The van der Waals surface area contributed by atoms with Crippen LogP contribution in [0, 0.1) is 0 Å². The van der Waals surface area contributed by atoms with E-state index in [-0.39, 0.29) is 38.6 Å². The highest BCUT2D eigenvalue weighted by Gasteiger charge is 2.22. The minimum Gasteiger partial charge on any atom is -0.545 e. The Hall–Kier alpha value is -5.09. The number of quaternary nitrogens is 1. The zero-order chi connectivity index (χ0) is 67.5. The van der Waals surface area contributed by atoms with Gasteiger partial charge in [0, 0.05) is 12.8 Å². The first-order valence-corrected chi connectivity index (χ1v) is 37.6. The van der Waals surface area contributed by atoms with Gasteiger partial charge >= 0.3 is 11.9 Å². The minimum absolute atomic E-state index is 0.142. The van der Waals surface area contributed by atoms with Gasteiger partial charge in [0.2, 0.25) is 0 Å². The highest BCUT2D eigenvalue weighted by atomic mass is 16.7. The summed E-state index contributed by atoms with van der Waals surface area (Å²) in [4.78, 5) is 37.6. The van der Waals surface area contributed by atoms with Crippen LogP contribution in [-0.2, 0) is 33.3 Å². The van der Waals surface area contributed by atoms with Crippen LogP contribution < -0.4 is 5.11 Å². The van der Waals surface area contributed by atoms with Gasteiger partial charge in [0.15, 0.2) is 12.4 Å². The molecule has 9 heteroatoms. The van der Waals surface area contributed by atoms with Crippen molar-refractivity contribution in [2.75, 3.05) is 47.5 Å². The number of likely N-dealkylation sites (N-methyl/N-ethyl adjacent to an activating group) is 1. The Bertz CT molecular complexity index is 2090. The Morgan fingerprint density at radius 3 is 0.860 bits per heavy atom. The van der Waals surface area contributed by atoms with Crippen LogP contribution in [0.2, 0.25) is 0 Å². The van der Waals surface area contributed by atoms with Gasteiger partial charge in [-0.2, -0.15) is 0 Å². The van der Waals surface area contributed by atoms with E-state index in [0.29, 0.717) is 17.4 Å². The zero-order valence-electron chi connectivity index (χ0n) is 60.3. The molecule has 0 aliphatic carbocycles. The molecule has 2 atom stereocenters. The second kappa shape index (κ2) is 72.7. The molecule has 93 heavy (non-hydrogen) atoms. The molecule has 528 valence electrons. The van der Waals surface area contributed by atoms with Crippen LogP contribution in [0.4, 0.5) is 0 Å². The van der Waals surface area contributed by atoms with Crippen molar-refractivity contribution in [2.45, 2.75) is 309 Å². The highest BCUT2D eigenvalue weighted by molar-refractivity contribution is 5.70. The lowest BCUT2D eigenvalue weighted by Gasteiger charge is -2.26. The molecule has 0 aromatic carbocycles. The Kier molecular flexibility index (Phi) is 68.8. The molecule has 0 fully saturated rings. The fourth-order valence-corrected chi connectivity index (χ4v) is 10.1. The zero-order valence-corrected chi connectivity index (χ0v) is 60.3. The third kappa shape index (κ3) is 74.2. The first-order valence-electron chi connectivity index (χ1n) is 37.6. The van der Waals surface area contributed by atoms with E-state index in [0.717, 1.165) is 122 Å². The number of hydrogen-bond acceptors (Lipinski definition) is 8. The van der Waals surface area contributed by atoms with Crippen LogP contribution in [-0.4, -0.2) is 82.3 Å². The number of carboxylic acids is 1. The molecule has 0 N–H and O–H groups in total. The molecule has 0 amide bonds. The number of carboxylic acid groups (broad SMARTS) is 1. The average Bonchev–Trinajstić information content (AvgIpc) is 3.38. The number of unbranched alkanes of at least 4 members (excludes halogenated alkanes) is 27. The molecule has 0 rings (SSSR count). The third-order valence-corrected chi connectivity index (χ3v) is 15.8. The fraction of sp³-hybridized carbons (Fsp3) is 0.655. The summed E-state index contributed by atoms with van der Waals surface area (Å²) in [5, 5.41) is 11.8. The van der Waals surface area contributed by atoms with E-state index in [1.165, 1.54) is 141 Å². The van der Waals surface area contributed by atoms with E-state index in [1.54, 1.807) is 0 Å². The molecule has 0 radical (unpaired) electrons. The van der Waals surface area contributed by atoms with Crippen LogP contribution in [0.3, 0.4) is 0 Å². The summed E-state index contributed by atoms with van der Waals surface area (Å²) in [6.45, 7) is 4.53. The van der Waals surface area contributed by atoms with Gasteiger partial charge in [-0.1, -0.05) is 320 Å². The largest absolute Gasteiger partial charge is 0.545 e. The normalized spacial score (nSPS) is 13.6. The summed E-state index contributed by atoms with van der Waals surface area (Å²) in [7, 11) is 5.93. The minimum atomic E-state index is -1.63. The fourth-order valence-electron chi connectivity index (χ4n) is 10.1. The van der Waals surface area contributed by atoms with E-state index in [4.69, 9.17) is 18.9 Å². The molecule has 0 bridgehead atoms. The lowest BCUT2D eigenvalue weighted by molar-refractivity contribution is -0.870. The van der Waals surface area contributed by atoms with Crippen LogP contribution in [0.5, 0.6) is 0 Å². The Balaban J connectivity index is 4.10. The van der Waals surface area contributed by atoms with Gasteiger partial charge in [-0.25, -0.2) is 0 Å². The molecule has 0 spiro atoms. The number of carbonyl (C=O) groups is 3. The predicted molar refractivity (Wildman–Crippen MR) is 398 cm³/mol. The van der Waals surface area contributed by atoms with Crippen molar-refractivity contribution in [3.8, 4) is 0 Å². The van der Waals surface area contributed by atoms with Gasteiger partial charge < -0.3 is 33.3 Å². The van der Waals surface area contributed by atoms with Gasteiger partial charge in [-0.05, 0) is 122 Å². The molecule has 0 aliphatic rings. The van der Waals surface area contributed by atoms with Crippen molar-refractivity contribution < 1.29 is 42.9 Å². The molecular formula is C84H139NO8. The standard InChI is InChI=1S/C84H139NO8/c1-6-8-10-12-14-16-18-20-22-24-26-28-30-32-34-35-36-37-38-39-40-41-42-43-44-45-46-47-49-51-53-55-57-59-61-63-65-67-69-71-73-75-82(87)93-80(79-92-84(83(88)89)90-77-76-85(3,4)5)78-91-81(86)74-72-70-68-66-64-62-60-58-56-54-52-50-48-33-31-29-27-25-23-21-19-17-15-13-11-9-7-2/h8-11,14-17,20-23,26-29,32,34,36-37,39-40,42-43,45-46,80,84H,6-7,12-13,18-19,24-25,30-31,33,35,38,41,44,47-79H2,1-5H3/b10-8-,11-9-,16-14-,17-15-,22-20-,23-21-,28-26-,29-27-,34-32-,37-36-,40-39-,43-42-,46-45-. The summed E-state index contributed by atoms with van der Waals surface area (Å²) in [5.41, 5.74) is 0. The highest BCUT2D eigenvalue weighted by Crippen LogP contribution is 2.17. The lowest BCUT2D eigenvalue weighted by atomic mass is 10.0. The molecule has 0 aromatic rings. The Morgan fingerprint density at radius 2 is 0.581 bits per heavy atom. The lowest BCUT2D eigenvalue weighted by Crippen LogP contribution is -2.44. The van der Waals surface area contributed by atoms with Crippen LogP contribution in [0.25, 0.3) is 0 Å². The molecule has 9 nitrogen and oxygen atoms in total. The van der Waals surface area contributed by atoms with Crippen molar-refractivity contribution in [1.29, 1.82) is 0 Å². The second-order valence-electron chi connectivity index (χ2n) is 25.8. The maximum atomic E-state index is 13.0. The van der Waals surface area contributed by atoms with E-state index >= 15 is 0 Å². The average molecular weight is 1290 g/mol. The van der Waals surface area contributed by atoms with Crippen molar-refractivity contribution in [3.63, 3.8) is 0 Å². The third-order valence-electron chi connectivity index (χ3n) is 15.8. The van der Waals surface area contributed by atoms with Crippen molar-refractivity contribution >= 4 is 17.9 Å². The second-order valence-corrected chi connectivity index (χ2v) is 25.8.